The molecule has 0 spiro atoms. The van der Waals surface area contributed by atoms with E-state index in [2.05, 4.69) is 33.8 Å². The summed E-state index contributed by atoms with van der Waals surface area (Å²) in [6.07, 6.45) is 9.09. The summed E-state index contributed by atoms with van der Waals surface area (Å²) in [5.41, 5.74) is -1.31. The number of carboxylic acid groups (broad SMARTS) is 1. The standard InChI is InChI=1S/C24H36O4/c1-5-6-9-28-14-23-12-18-16(4)7-8-19(18)22(13-25)11-17(23)10-20(15(2)3)24(22,23)21(26)27/h10,13,15-19H,5-9,11-12,14H2,1-4H3,(H,26,27)/t16?,17?,18?,19?,22-,23+,24?/m0/s1. The first-order chi connectivity index (χ1) is 13.3. The summed E-state index contributed by atoms with van der Waals surface area (Å²) >= 11 is 0. The molecule has 4 bridgehead atoms. The number of aliphatic carboxylic acids is 1. The number of aldehydes is 1. The number of allylic oxidation sites excluding steroid dienone is 1. The zero-order chi connectivity index (χ0) is 20.3. The number of hydrogen-bond donors (Lipinski definition) is 1. The fourth-order valence-electron chi connectivity index (χ4n) is 8.13. The first kappa shape index (κ1) is 20.1. The van der Waals surface area contributed by atoms with E-state index in [1.54, 1.807) is 0 Å². The highest BCUT2D eigenvalue weighted by molar-refractivity contribution is 5.90. The Labute approximate surface area is 169 Å². The average molecular weight is 389 g/mol. The molecule has 0 heterocycles. The predicted octanol–water partition coefficient (Wildman–Crippen LogP) is 4.73. The maximum absolute atomic E-state index is 13.2. The number of carbonyl (C=O) groups excluding carboxylic acids is 1. The Morgan fingerprint density at radius 3 is 2.71 bits per heavy atom. The molecule has 3 fully saturated rings. The molecule has 156 valence electrons. The zero-order valence-electron chi connectivity index (χ0n) is 17.9. The van der Waals surface area contributed by atoms with E-state index in [9.17, 15) is 14.7 Å². The van der Waals surface area contributed by atoms with Gasteiger partial charge in [0, 0.05) is 12.0 Å². The van der Waals surface area contributed by atoms with Crippen LogP contribution in [0.15, 0.2) is 11.6 Å². The average Bonchev–Trinajstić information content (AvgIpc) is 3.22. The van der Waals surface area contributed by atoms with Crippen LogP contribution in [0.25, 0.3) is 0 Å². The Kier molecular flexibility index (Phi) is 4.80. The van der Waals surface area contributed by atoms with Crippen molar-refractivity contribution in [3.63, 3.8) is 0 Å². The van der Waals surface area contributed by atoms with Gasteiger partial charge in [0.15, 0.2) is 0 Å². The molecule has 0 amide bonds. The van der Waals surface area contributed by atoms with Crippen molar-refractivity contribution in [3.05, 3.63) is 11.6 Å². The fraction of sp³-hybridized carbons (Fsp3) is 0.833. The summed E-state index contributed by atoms with van der Waals surface area (Å²) < 4.78 is 6.18. The summed E-state index contributed by atoms with van der Waals surface area (Å²) in [7, 11) is 0. The van der Waals surface area contributed by atoms with Crippen LogP contribution in [0.3, 0.4) is 0 Å². The number of carbonyl (C=O) groups is 2. The second kappa shape index (κ2) is 6.68. The summed E-state index contributed by atoms with van der Waals surface area (Å²) in [6.45, 7) is 9.77. The molecule has 4 nitrogen and oxygen atoms in total. The molecule has 4 rings (SSSR count). The van der Waals surface area contributed by atoms with Crippen LogP contribution in [-0.2, 0) is 14.3 Å². The normalized spacial score (nSPS) is 46.0. The van der Waals surface area contributed by atoms with Gasteiger partial charge in [0.25, 0.3) is 0 Å². The van der Waals surface area contributed by atoms with E-state index in [-0.39, 0.29) is 17.8 Å². The number of hydrogen-bond acceptors (Lipinski definition) is 3. The van der Waals surface area contributed by atoms with E-state index >= 15 is 0 Å². The molecule has 1 N–H and O–H groups in total. The highest BCUT2D eigenvalue weighted by Crippen LogP contribution is 2.82. The number of fused-ring (bicyclic) bond motifs is 2. The second-order valence-electron chi connectivity index (χ2n) is 10.4. The molecule has 4 aliphatic rings. The molecule has 3 saturated carbocycles. The zero-order valence-corrected chi connectivity index (χ0v) is 17.9. The van der Waals surface area contributed by atoms with Crippen LogP contribution < -0.4 is 0 Å². The van der Waals surface area contributed by atoms with Gasteiger partial charge in [-0.15, -0.1) is 0 Å². The number of carboxylic acids is 1. The number of rotatable bonds is 8. The maximum atomic E-state index is 13.2. The molecule has 0 aromatic carbocycles. The lowest BCUT2D eigenvalue weighted by Gasteiger charge is -2.58. The lowest BCUT2D eigenvalue weighted by molar-refractivity contribution is -0.186. The highest BCUT2D eigenvalue weighted by Gasteiger charge is 2.84. The topological polar surface area (TPSA) is 63.6 Å². The van der Waals surface area contributed by atoms with Crippen molar-refractivity contribution in [3.8, 4) is 0 Å². The third-order valence-corrected chi connectivity index (χ3v) is 9.12. The quantitative estimate of drug-likeness (QED) is 0.371. The molecular weight excluding hydrogens is 352 g/mol. The van der Waals surface area contributed by atoms with Gasteiger partial charge in [-0.1, -0.05) is 52.2 Å². The van der Waals surface area contributed by atoms with Gasteiger partial charge in [-0.2, -0.15) is 0 Å². The van der Waals surface area contributed by atoms with Gasteiger partial charge >= 0.3 is 5.97 Å². The van der Waals surface area contributed by atoms with Crippen LogP contribution >= 0.6 is 0 Å². The Morgan fingerprint density at radius 1 is 1.36 bits per heavy atom. The van der Waals surface area contributed by atoms with Crippen molar-refractivity contribution < 1.29 is 19.4 Å². The van der Waals surface area contributed by atoms with Gasteiger partial charge in [0.1, 0.15) is 11.7 Å². The molecule has 4 heteroatoms. The molecular formula is C24H36O4. The van der Waals surface area contributed by atoms with Crippen molar-refractivity contribution in [2.24, 2.45) is 45.8 Å². The smallest absolute Gasteiger partial charge is 0.315 e. The van der Waals surface area contributed by atoms with Crippen molar-refractivity contribution in [2.75, 3.05) is 13.2 Å². The van der Waals surface area contributed by atoms with Gasteiger partial charge in [0.2, 0.25) is 0 Å². The summed E-state index contributed by atoms with van der Waals surface area (Å²) in [4.78, 5) is 26.0. The van der Waals surface area contributed by atoms with Crippen molar-refractivity contribution in [1.82, 2.24) is 0 Å². The van der Waals surface area contributed by atoms with Crippen molar-refractivity contribution in [1.29, 1.82) is 0 Å². The van der Waals surface area contributed by atoms with E-state index < -0.39 is 22.2 Å². The Bertz CT molecular complexity index is 697. The fourth-order valence-corrected chi connectivity index (χ4v) is 8.13. The minimum absolute atomic E-state index is 0.131. The third kappa shape index (κ3) is 2.11. The summed E-state index contributed by atoms with van der Waals surface area (Å²) in [5, 5.41) is 10.8. The van der Waals surface area contributed by atoms with Crippen LogP contribution in [0.5, 0.6) is 0 Å². The van der Waals surface area contributed by atoms with Gasteiger partial charge in [-0.25, -0.2) is 0 Å². The Hall–Kier alpha value is -1.16. The van der Waals surface area contributed by atoms with Crippen LogP contribution in [0, 0.1) is 45.8 Å². The minimum atomic E-state index is -1.09. The van der Waals surface area contributed by atoms with Gasteiger partial charge in [-0.3, -0.25) is 4.79 Å². The molecule has 5 unspecified atom stereocenters. The molecule has 28 heavy (non-hydrogen) atoms. The van der Waals surface area contributed by atoms with Gasteiger partial charge in [0.05, 0.1) is 12.0 Å². The first-order valence-electron chi connectivity index (χ1n) is 11.3. The van der Waals surface area contributed by atoms with Crippen LogP contribution in [-0.4, -0.2) is 30.6 Å². The summed E-state index contributed by atoms with van der Waals surface area (Å²) in [6, 6.07) is 0. The van der Waals surface area contributed by atoms with Crippen molar-refractivity contribution >= 4 is 12.3 Å². The SMILES string of the molecule is CCCCOC[C@]12CC3C(C)CCC3[C@@]3(C=O)CC1C=C(C(C)C)C23C(=O)O. The Balaban J connectivity index is 1.88. The van der Waals surface area contributed by atoms with E-state index in [0.717, 1.165) is 44.0 Å². The van der Waals surface area contributed by atoms with Gasteiger partial charge < -0.3 is 14.6 Å². The minimum Gasteiger partial charge on any atom is -0.481 e. The van der Waals surface area contributed by atoms with Gasteiger partial charge in [-0.05, 0) is 55.3 Å². The second-order valence-corrected chi connectivity index (χ2v) is 10.4. The van der Waals surface area contributed by atoms with E-state index in [0.29, 0.717) is 31.5 Å². The molecule has 4 aliphatic carbocycles. The third-order valence-electron chi connectivity index (χ3n) is 9.12. The first-order valence-corrected chi connectivity index (χ1v) is 11.3. The molecule has 7 atom stereocenters. The van der Waals surface area contributed by atoms with E-state index in [1.165, 1.54) is 0 Å². The number of unbranched alkanes of at least 4 members (excludes halogenated alkanes) is 1. The number of ether oxygens (including phenoxy) is 1. The predicted molar refractivity (Wildman–Crippen MR) is 108 cm³/mol. The highest BCUT2D eigenvalue weighted by atomic mass is 16.5. The molecule has 0 radical (unpaired) electrons. The summed E-state index contributed by atoms with van der Waals surface area (Å²) in [5.74, 6) is 0.698. The maximum Gasteiger partial charge on any atom is 0.315 e. The largest absolute Gasteiger partial charge is 0.481 e. The lowest BCUT2D eigenvalue weighted by Crippen LogP contribution is -2.63. The Morgan fingerprint density at radius 2 is 2.11 bits per heavy atom. The molecule has 0 saturated heterocycles. The van der Waals surface area contributed by atoms with Crippen LogP contribution in [0.2, 0.25) is 0 Å². The van der Waals surface area contributed by atoms with Crippen LogP contribution in [0.4, 0.5) is 0 Å². The monoisotopic (exact) mass is 388 g/mol. The molecule has 0 aromatic rings. The molecule has 0 aliphatic heterocycles. The molecule has 0 aromatic heterocycles. The lowest BCUT2D eigenvalue weighted by atomic mass is 9.43. The van der Waals surface area contributed by atoms with Crippen LogP contribution in [0.1, 0.15) is 66.2 Å². The van der Waals surface area contributed by atoms with E-state index in [4.69, 9.17) is 4.74 Å². The van der Waals surface area contributed by atoms with Crippen molar-refractivity contribution in [2.45, 2.75) is 66.2 Å². The van der Waals surface area contributed by atoms with E-state index in [1.807, 2.05) is 0 Å².